The number of halogens is 3. The van der Waals surface area contributed by atoms with Crippen LogP contribution < -0.4 is 0 Å². The van der Waals surface area contributed by atoms with E-state index in [2.05, 4.69) is 9.97 Å². The van der Waals surface area contributed by atoms with E-state index in [1.54, 1.807) is 24.7 Å². The van der Waals surface area contributed by atoms with Crippen LogP contribution in [0.15, 0.2) is 55.0 Å². The van der Waals surface area contributed by atoms with E-state index in [0.29, 0.717) is 0 Å². The molecule has 3 aromatic rings. The van der Waals surface area contributed by atoms with Crippen LogP contribution in [0, 0.1) is 5.82 Å². The van der Waals surface area contributed by atoms with Gasteiger partial charge in [-0.1, -0.05) is 11.6 Å². The summed E-state index contributed by atoms with van der Waals surface area (Å²) in [6.07, 6.45) is 8.16. The van der Waals surface area contributed by atoms with Crippen molar-refractivity contribution < 1.29 is 9.18 Å². The van der Waals surface area contributed by atoms with Crippen LogP contribution in [0.1, 0.15) is 15.2 Å². The second kappa shape index (κ2) is 8.15. The molecule has 3 rings (SSSR count). The Balaban J connectivity index is 0.00000208. The van der Waals surface area contributed by atoms with Crippen LogP contribution >= 0.6 is 35.3 Å². The summed E-state index contributed by atoms with van der Waals surface area (Å²) in [4.78, 5) is 21.2. The predicted octanol–water partition coefficient (Wildman–Crippen LogP) is 5.32. The van der Waals surface area contributed by atoms with E-state index in [4.69, 9.17) is 11.6 Å². The van der Waals surface area contributed by atoms with E-state index in [1.165, 1.54) is 29.5 Å². The lowest BCUT2D eigenvalue weighted by molar-refractivity contribution is 0.104. The van der Waals surface area contributed by atoms with Gasteiger partial charge in [-0.15, -0.1) is 23.7 Å². The maximum atomic E-state index is 13.4. The van der Waals surface area contributed by atoms with Crippen molar-refractivity contribution in [2.45, 2.75) is 0 Å². The lowest BCUT2D eigenvalue weighted by Crippen LogP contribution is -1.94. The summed E-state index contributed by atoms with van der Waals surface area (Å²) in [5, 5.41) is 0.817. The molecule has 0 spiro atoms. The number of aromatic nitrogens is 2. The zero-order chi connectivity index (χ0) is 16.2. The first-order valence-electron chi connectivity index (χ1n) is 6.67. The average Bonchev–Trinajstić information content (AvgIpc) is 3.05. The number of carbonyl (C=O) groups excluding carboxylic acids is 1. The summed E-state index contributed by atoms with van der Waals surface area (Å²) in [5.74, 6) is -0.903. The zero-order valence-electron chi connectivity index (χ0n) is 12.1. The molecule has 3 nitrogen and oxygen atoms in total. The topological polar surface area (TPSA) is 42.9 Å². The summed E-state index contributed by atoms with van der Waals surface area (Å²) in [6, 6.07) is 7.74. The Bertz CT molecular complexity index is 881. The number of rotatable bonds is 4. The molecule has 1 aromatic carbocycles. The van der Waals surface area contributed by atoms with Gasteiger partial charge in [0.1, 0.15) is 10.8 Å². The molecule has 2 heterocycles. The number of hydrogen-bond donors (Lipinski definition) is 0. The lowest BCUT2D eigenvalue weighted by Gasteiger charge is -1.97. The van der Waals surface area contributed by atoms with Gasteiger partial charge in [-0.05, 0) is 42.5 Å². The molecule has 0 radical (unpaired) electrons. The fourth-order valence-electron chi connectivity index (χ4n) is 1.89. The minimum Gasteiger partial charge on any atom is -0.289 e. The van der Waals surface area contributed by atoms with Crippen molar-refractivity contribution in [2.75, 3.05) is 0 Å². The molecule has 122 valence electrons. The Hall–Kier alpha value is -2.08. The molecule has 7 heteroatoms. The molecule has 0 saturated carbocycles. The van der Waals surface area contributed by atoms with Gasteiger partial charge >= 0.3 is 0 Å². The van der Waals surface area contributed by atoms with E-state index in [1.807, 2.05) is 12.1 Å². The first-order chi connectivity index (χ1) is 11.1. The van der Waals surface area contributed by atoms with Gasteiger partial charge in [0, 0.05) is 34.6 Å². The fraction of sp³-hybridized carbons (Fsp3) is 0. The molecule has 0 amide bonds. The normalized spacial score (nSPS) is 10.6. The van der Waals surface area contributed by atoms with E-state index in [0.717, 1.165) is 21.5 Å². The molecular formula is C17H11Cl2FN2OS. The molecule has 0 N–H and O–H groups in total. The third-order valence-electron chi connectivity index (χ3n) is 3.04. The van der Waals surface area contributed by atoms with E-state index in [-0.39, 0.29) is 28.8 Å². The molecule has 0 aliphatic heterocycles. The van der Waals surface area contributed by atoms with Gasteiger partial charge in [0.25, 0.3) is 0 Å². The van der Waals surface area contributed by atoms with Crippen molar-refractivity contribution in [3.8, 4) is 10.6 Å². The zero-order valence-corrected chi connectivity index (χ0v) is 14.5. The van der Waals surface area contributed by atoms with Crippen LogP contribution in [0.5, 0.6) is 0 Å². The van der Waals surface area contributed by atoms with Gasteiger partial charge in [-0.2, -0.15) is 0 Å². The highest BCUT2D eigenvalue weighted by molar-refractivity contribution is 7.15. The SMILES string of the molecule is Cl.O=C(/C=C/c1cnc(-c2cccnc2)s1)c1ccc(Cl)c(F)c1. The van der Waals surface area contributed by atoms with Crippen LogP contribution in [0.4, 0.5) is 4.39 Å². The Morgan fingerprint density at radius 3 is 2.79 bits per heavy atom. The third-order valence-corrected chi connectivity index (χ3v) is 4.35. The van der Waals surface area contributed by atoms with Crippen molar-refractivity contribution in [3.05, 3.63) is 76.3 Å². The number of pyridine rings is 1. The van der Waals surface area contributed by atoms with Gasteiger partial charge in [0.2, 0.25) is 0 Å². The maximum Gasteiger partial charge on any atom is 0.185 e. The van der Waals surface area contributed by atoms with Gasteiger partial charge in [-0.25, -0.2) is 9.37 Å². The van der Waals surface area contributed by atoms with Crippen molar-refractivity contribution in [2.24, 2.45) is 0 Å². The van der Waals surface area contributed by atoms with Gasteiger partial charge in [0.15, 0.2) is 5.78 Å². The van der Waals surface area contributed by atoms with Crippen molar-refractivity contribution in [1.29, 1.82) is 0 Å². The molecule has 0 saturated heterocycles. The lowest BCUT2D eigenvalue weighted by atomic mass is 10.1. The first-order valence-corrected chi connectivity index (χ1v) is 7.86. The molecule has 24 heavy (non-hydrogen) atoms. The smallest absolute Gasteiger partial charge is 0.185 e. The van der Waals surface area contributed by atoms with Gasteiger partial charge < -0.3 is 0 Å². The van der Waals surface area contributed by atoms with Gasteiger partial charge in [0.05, 0.1) is 5.02 Å². The van der Waals surface area contributed by atoms with Crippen molar-refractivity contribution in [1.82, 2.24) is 9.97 Å². The number of benzene rings is 1. The molecule has 0 aliphatic carbocycles. The Morgan fingerprint density at radius 2 is 2.08 bits per heavy atom. The summed E-state index contributed by atoms with van der Waals surface area (Å²) in [7, 11) is 0. The number of carbonyl (C=O) groups is 1. The summed E-state index contributed by atoms with van der Waals surface area (Å²) < 4.78 is 13.4. The number of hydrogen-bond acceptors (Lipinski definition) is 4. The summed E-state index contributed by atoms with van der Waals surface area (Å²) >= 11 is 7.05. The summed E-state index contributed by atoms with van der Waals surface area (Å²) in [5.41, 5.74) is 1.17. The van der Waals surface area contributed by atoms with Crippen LogP contribution in [-0.2, 0) is 0 Å². The fourth-order valence-corrected chi connectivity index (χ4v) is 2.82. The second-order valence-corrected chi connectivity index (χ2v) is 6.11. The predicted molar refractivity (Wildman–Crippen MR) is 97.4 cm³/mol. The number of ketones is 1. The van der Waals surface area contributed by atoms with Crippen molar-refractivity contribution >= 4 is 47.2 Å². The van der Waals surface area contributed by atoms with Crippen LogP contribution in [0.25, 0.3) is 16.6 Å². The highest BCUT2D eigenvalue weighted by Crippen LogP contribution is 2.25. The highest BCUT2D eigenvalue weighted by atomic mass is 35.5. The molecule has 0 unspecified atom stereocenters. The van der Waals surface area contributed by atoms with Crippen LogP contribution in [0.3, 0.4) is 0 Å². The minimum atomic E-state index is -0.609. The quantitative estimate of drug-likeness (QED) is 0.454. The average molecular weight is 381 g/mol. The largest absolute Gasteiger partial charge is 0.289 e. The minimum absolute atomic E-state index is 0. The van der Waals surface area contributed by atoms with Gasteiger partial charge in [-0.3, -0.25) is 9.78 Å². The van der Waals surface area contributed by atoms with Crippen molar-refractivity contribution in [3.63, 3.8) is 0 Å². The second-order valence-electron chi connectivity index (χ2n) is 4.64. The molecule has 0 bridgehead atoms. The van der Waals surface area contributed by atoms with E-state index < -0.39 is 5.82 Å². The number of allylic oxidation sites excluding steroid dienone is 1. The summed E-state index contributed by atoms with van der Waals surface area (Å²) in [6.45, 7) is 0. The molecule has 0 atom stereocenters. The van der Waals surface area contributed by atoms with Crippen LogP contribution in [0.2, 0.25) is 5.02 Å². The first kappa shape index (κ1) is 18.3. The van der Waals surface area contributed by atoms with Crippen LogP contribution in [-0.4, -0.2) is 15.8 Å². The maximum absolute atomic E-state index is 13.4. The molecule has 0 fully saturated rings. The monoisotopic (exact) mass is 380 g/mol. The Kier molecular flexibility index (Phi) is 6.20. The van der Waals surface area contributed by atoms with E-state index in [9.17, 15) is 9.18 Å². The Morgan fingerprint density at radius 1 is 1.25 bits per heavy atom. The standard InChI is InChI=1S/C17H10ClFN2OS.ClH/c18-14-5-3-11(8-15(14)19)16(22)6-4-13-10-21-17(23-13)12-2-1-7-20-9-12;/h1-10H;1H/b6-4+;. The molecular weight excluding hydrogens is 370 g/mol. The molecule has 0 aliphatic rings. The van der Waals surface area contributed by atoms with E-state index >= 15 is 0 Å². The molecule has 2 aromatic heterocycles. The number of thiazole rings is 1. The number of nitrogens with zero attached hydrogens (tertiary/aromatic N) is 2. The third kappa shape index (κ3) is 4.26. The Labute approximate surface area is 153 Å². The highest BCUT2D eigenvalue weighted by Gasteiger charge is 2.07.